The molecule has 2 aliphatic heterocycles. The van der Waals surface area contributed by atoms with Crippen LogP contribution in [0.15, 0.2) is 72.8 Å². The first kappa shape index (κ1) is 29.8. The molecule has 5 heterocycles. The van der Waals surface area contributed by atoms with Gasteiger partial charge < -0.3 is 9.55 Å². The Morgan fingerprint density at radius 3 is 1.37 bits per heavy atom. The Morgan fingerprint density at radius 1 is 0.510 bits per heavy atom. The van der Waals surface area contributed by atoms with Crippen molar-refractivity contribution in [2.75, 3.05) is 0 Å². The number of para-hydroxylation sites is 1. The summed E-state index contributed by atoms with van der Waals surface area (Å²) in [5.41, 5.74) is 9.92. The second-order valence-corrected chi connectivity index (χ2v) is 21.2. The standard InChI is InChI=1S/C46H47N4P/c1-2-4-44(51(45-23-29-13-30(24-45)15-31(14-29)25-45)46-26-32-16-33(27-46)18-34(17-32)28-46)43(3-1)50-41-11-12-42(50)22-40-10-8-38(49-40)20-36-6-5-35(47-36)19-37-7-9-39(21-41)48-37/h1-12,19-22,29-34,47H,13-18,23-28H2. The van der Waals surface area contributed by atoms with Crippen LogP contribution in [0.5, 0.6) is 0 Å². The number of aromatic nitrogens is 4. The van der Waals surface area contributed by atoms with Gasteiger partial charge >= 0.3 is 0 Å². The Bertz CT molecular complexity index is 2110. The summed E-state index contributed by atoms with van der Waals surface area (Å²) >= 11 is 0. The van der Waals surface area contributed by atoms with Gasteiger partial charge in [-0.25, -0.2) is 9.97 Å². The first-order chi connectivity index (χ1) is 25.0. The van der Waals surface area contributed by atoms with E-state index in [0.29, 0.717) is 10.3 Å². The molecule has 0 amide bonds. The second-order valence-electron chi connectivity index (χ2n) is 18.2. The number of nitrogens with one attached hydrogen (secondary N) is 1. The summed E-state index contributed by atoms with van der Waals surface area (Å²) < 4.78 is 2.60. The number of hydrogen-bond donors (Lipinski definition) is 1. The molecule has 4 aromatic rings. The normalized spacial score (nSPS) is 34.4. The molecular formula is C46H47N4P. The molecule has 8 fully saturated rings. The van der Waals surface area contributed by atoms with Crippen LogP contribution in [0.4, 0.5) is 0 Å². The van der Waals surface area contributed by atoms with Crippen LogP contribution < -0.4 is 5.30 Å². The molecule has 3 aromatic heterocycles. The van der Waals surface area contributed by atoms with Crippen molar-refractivity contribution in [3.63, 3.8) is 0 Å². The van der Waals surface area contributed by atoms with Crippen LogP contribution in [-0.2, 0) is 0 Å². The van der Waals surface area contributed by atoms with Gasteiger partial charge in [-0.15, -0.1) is 0 Å². The number of nitrogens with zero attached hydrogens (tertiary/aromatic N) is 3. The van der Waals surface area contributed by atoms with Gasteiger partial charge in [-0.3, -0.25) is 0 Å². The van der Waals surface area contributed by atoms with E-state index < -0.39 is 0 Å². The highest BCUT2D eigenvalue weighted by molar-refractivity contribution is 7.69. The molecule has 0 radical (unpaired) electrons. The number of benzene rings is 1. The fourth-order valence-corrected chi connectivity index (χ4v) is 19.1. The number of hydrogen-bond acceptors (Lipinski definition) is 2. The molecule has 1 aromatic carbocycles. The highest BCUT2D eigenvalue weighted by atomic mass is 31.1. The smallest absolute Gasteiger partial charge is 0.0658 e. The van der Waals surface area contributed by atoms with Gasteiger partial charge in [0.2, 0.25) is 0 Å². The van der Waals surface area contributed by atoms with E-state index in [4.69, 9.17) is 9.97 Å². The predicted molar refractivity (Wildman–Crippen MR) is 212 cm³/mol. The van der Waals surface area contributed by atoms with Crippen molar-refractivity contribution in [1.29, 1.82) is 0 Å². The fourth-order valence-electron chi connectivity index (χ4n) is 13.8. The zero-order chi connectivity index (χ0) is 33.3. The molecule has 4 nitrogen and oxygen atoms in total. The Balaban J connectivity index is 1.11. The van der Waals surface area contributed by atoms with Crippen molar-refractivity contribution >= 4 is 59.6 Å². The summed E-state index contributed by atoms with van der Waals surface area (Å²) in [6.45, 7) is 0. The zero-order valence-corrected chi connectivity index (χ0v) is 30.4. The molecule has 256 valence electrons. The van der Waals surface area contributed by atoms with Gasteiger partial charge in [-0.2, -0.15) is 0 Å². The molecule has 10 aliphatic rings. The molecule has 14 rings (SSSR count). The van der Waals surface area contributed by atoms with Gasteiger partial charge in [-0.1, -0.05) is 26.1 Å². The van der Waals surface area contributed by atoms with E-state index in [1.807, 2.05) is 0 Å². The number of H-pyrrole nitrogens is 1. The molecule has 0 unspecified atom stereocenters. The Labute approximate surface area is 302 Å². The van der Waals surface area contributed by atoms with Crippen LogP contribution >= 0.6 is 7.92 Å². The number of rotatable bonds is 4. The maximum atomic E-state index is 5.09. The minimum Gasteiger partial charge on any atom is -0.355 e. The summed E-state index contributed by atoms with van der Waals surface area (Å²) in [5, 5.41) is 2.72. The molecule has 0 saturated heterocycles. The predicted octanol–water partition coefficient (Wildman–Crippen LogP) is 11.2. The molecule has 1 N–H and O–H groups in total. The van der Waals surface area contributed by atoms with Crippen molar-refractivity contribution in [1.82, 2.24) is 19.5 Å². The maximum absolute atomic E-state index is 5.09. The van der Waals surface area contributed by atoms with Crippen molar-refractivity contribution in [3.05, 3.63) is 95.6 Å². The van der Waals surface area contributed by atoms with E-state index in [9.17, 15) is 0 Å². The van der Waals surface area contributed by atoms with E-state index in [2.05, 4.69) is 107 Å². The lowest BCUT2D eigenvalue weighted by atomic mass is 9.55. The van der Waals surface area contributed by atoms with E-state index in [1.165, 1.54) is 93.8 Å². The van der Waals surface area contributed by atoms with E-state index in [1.54, 1.807) is 5.30 Å². The molecule has 51 heavy (non-hydrogen) atoms. The van der Waals surface area contributed by atoms with E-state index in [-0.39, 0.29) is 7.92 Å². The summed E-state index contributed by atoms with van der Waals surface area (Å²) in [5.74, 6) is 5.80. The Morgan fingerprint density at radius 2 is 0.922 bits per heavy atom. The van der Waals surface area contributed by atoms with Crippen molar-refractivity contribution in [2.24, 2.45) is 35.5 Å². The largest absolute Gasteiger partial charge is 0.355 e. The van der Waals surface area contributed by atoms with Gasteiger partial charge in [-0.05, 0) is 202 Å². The van der Waals surface area contributed by atoms with Gasteiger partial charge in [0.05, 0.1) is 28.5 Å². The van der Waals surface area contributed by atoms with Crippen LogP contribution in [0.2, 0.25) is 0 Å². The SMILES string of the molecule is C1=Cc2cc3ccc(cc4nc(cc5ccc(cc1n2)[nH]5)C=C4)n3-c1ccccc1P(C12CC3CC(CC(C3)C1)C2)C12CC3CC(CC(C3)C1)C2. The number of fused-ring (bicyclic) bond motifs is 8. The topological polar surface area (TPSA) is 46.5 Å². The van der Waals surface area contributed by atoms with Crippen LogP contribution in [0.3, 0.4) is 0 Å². The first-order valence-electron chi connectivity index (χ1n) is 20.0. The van der Waals surface area contributed by atoms with Crippen LogP contribution in [-0.4, -0.2) is 29.8 Å². The summed E-state index contributed by atoms with van der Waals surface area (Å²) in [7, 11) is -0.377. The quantitative estimate of drug-likeness (QED) is 0.188. The highest BCUT2D eigenvalue weighted by Gasteiger charge is 2.63. The molecule has 8 aliphatic carbocycles. The highest BCUT2D eigenvalue weighted by Crippen LogP contribution is 2.78. The Hall–Kier alpha value is -3.75. The van der Waals surface area contributed by atoms with Crippen LogP contribution in [0.1, 0.15) is 99.8 Å². The minimum absolute atomic E-state index is 0.377. The third-order valence-corrected chi connectivity index (χ3v) is 18.4. The lowest BCUT2D eigenvalue weighted by Crippen LogP contribution is -2.58. The van der Waals surface area contributed by atoms with Crippen molar-refractivity contribution in [3.8, 4) is 5.69 Å². The average Bonchev–Trinajstić information content (AvgIpc) is 3.90. The van der Waals surface area contributed by atoms with E-state index >= 15 is 0 Å². The third-order valence-electron chi connectivity index (χ3n) is 14.6. The summed E-state index contributed by atoms with van der Waals surface area (Å²) in [6, 6.07) is 27.6. The summed E-state index contributed by atoms with van der Waals surface area (Å²) in [6.07, 6.45) is 26.7. The molecular weight excluding hydrogens is 640 g/mol. The molecule has 0 atom stereocenters. The third kappa shape index (κ3) is 4.81. The maximum Gasteiger partial charge on any atom is 0.0658 e. The lowest BCUT2D eigenvalue weighted by Gasteiger charge is -2.67. The number of aromatic amines is 1. The molecule has 16 bridgehead atoms. The van der Waals surface area contributed by atoms with Gasteiger partial charge in [0.25, 0.3) is 0 Å². The molecule has 5 heteroatoms. The van der Waals surface area contributed by atoms with Crippen LogP contribution in [0, 0.1) is 35.5 Å². The molecule has 0 spiro atoms. The Kier molecular flexibility index (Phi) is 6.36. The molecule has 8 saturated carbocycles. The zero-order valence-electron chi connectivity index (χ0n) is 29.5. The first-order valence-corrected chi connectivity index (χ1v) is 21.3. The van der Waals surface area contributed by atoms with Crippen molar-refractivity contribution < 1.29 is 0 Å². The lowest BCUT2D eigenvalue weighted by molar-refractivity contribution is 0.0195. The van der Waals surface area contributed by atoms with Gasteiger partial charge in [0.15, 0.2) is 0 Å². The van der Waals surface area contributed by atoms with Crippen molar-refractivity contribution in [2.45, 2.75) is 87.4 Å². The second kappa shape index (κ2) is 10.9. The van der Waals surface area contributed by atoms with Crippen LogP contribution in [0.25, 0.3) is 52.1 Å². The summed E-state index contributed by atoms with van der Waals surface area (Å²) in [4.78, 5) is 13.7. The fraction of sp³-hybridized carbons (Fsp3) is 0.435. The monoisotopic (exact) mass is 686 g/mol. The average molecular weight is 687 g/mol. The van der Waals surface area contributed by atoms with E-state index in [0.717, 1.165) is 69.3 Å². The minimum atomic E-state index is -0.377. The van der Waals surface area contributed by atoms with Gasteiger partial charge in [0.1, 0.15) is 0 Å². The van der Waals surface area contributed by atoms with Gasteiger partial charge in [0, 0.05) is 27.4 Å².